The number of non-ortho nitro benzene ring substituents is 1. The Hall–Kier alpha value is -3.42. The van der Waals surface area contributed by atoms with Gasteiger partial charge in [0.1, 0.15) is 11.5 Å². The minimum absolute atomic E-state index is 0.0890. The van der Waals surface area contributed by atoms with Gasteiger partial charge in [0.15, 0.2) is 0 Å². The van der Waals surface area contributed by atoms with Gasteiger partial charge in [-0.2, -0.15) is 5.10 Å². The summed E-state index contributed by atoms with van der Waals surface area (Å²) < 4.78 is 10.9. The van der Waals surface area contributed by atoms with Gasteiger partial charge in [-0.1, -0.05) is 6.92 Å². The summed E-state index contributed by atoms with van der Waals surface area (Å²) >= 11 is 0. The van der Waals surface area contributed by atoms with Crippen LogP contribution in [0.3, 0.4) is 0 Å². The highest BCUT2D eigenvalue weighted by atomic mass is 16.6. The number of hydrogen-bond donors (Lipinski definition) is 1. The van der Waals surface area contributed by atoms with Gasteiger partial charge >= 0.3 is 0 Å². The largest absolute Gasteiger partial charge is 0.494 e. The predicted molar refractivity (Wildman–Crippen MR) is 102 cm³/mol. The third-order valence-electron chi connectivity index (χ3n) is 3.46. The summed E-state index contributed by atoms with van der Waals surface area (Å²) in [7, 11) is 0. The third kappa shape index (κ3) is 5.81. The van der Waals surface area contributed by atoms with Crippen molar-refractivity contribution in [2.24, 2.45) is 5.10 Å². The Morgan fingerprint density at radius 2 is 1.93 bits per heavy atom. The minimum atomic E-state index is -0.506. The van der Waals surface area contributed by atoms with Crippen molar-refractivity contribution >= 4 is 17.8 Å². The normalized spacial score (nSPS) is 10.6. The van der Waals surface area contributed by atoms with Crippen LogP contribution < -0.4 is 14.9 Å². The molecule has 142 valence electrons. The highest BCUT2D eigenvalue weighted by molar-refractivity contribution is 5.95. The van der Waals surface area contributed by atoms with Gasteiger partial charge in [0.05, 0.1) is 24.4 Å². The van der Waals surface area contributed by atoms with Crippen molar-refractivity contribution < 1.29 is 19.2 Å². The van der Waals surface area contributed by atoms with E-state index in [-0.39, 0.29) is 5.69 Å². The standard InChI is InChI=1S/C19H21N3O5/c1-3-11-27-17-8-5-14(6-9-17)19(23)21-20-13-15-12-16(22(24)25)7-10-18(15)26-4-2/h5-10,12-13H,3-4,11H2,1-2H3,(H,21,23)/b20-13-. The summed E-state index contributed by atoms with van der Waals surface area (Å²) in [5.74, 6) is 0.727. The van der Waals surface area contributed by atoms with E-state index in [4.69, 9.17) is 9.47 Å². The molecule has 0 heterocycles. The van der Waals surface area contributed by atoms with Crippen molar-refractivity contribution in [2.75, 3.05) is 13.2 Å². The molecule has 8 nitrogen and oxygen atoms in total. The number of rotatable bonds is 9. The van der Waals surface area contributed by atoms with E-state index in [0.717, 1.165) is 6.42 Å². The molecule has 0 saturated carbocycles. The number of amides is 1. The lowest BCUT2D eigenvalue weighted by Gasteiger charge is -2.07. The topological polar surface area (TPSA) is 103 Å². The maximum Gasteiger partial charge on any atom is 0.271 e. The summed E-state index contributed by atoms with van der Waals surface area (Å²) in [6, 6.07) is 10.9. The number of benzene rings is 2. The Bertz CT molecular complexity index is 819. The zero-order valence-corrected chi connectivity index (χ0v) is 15.2. The van der Waals surface area contributed by atoms with Crippen molar-refractivity contribution in [1.29, 1.82) is 0 Å². The molecule has 2 aromatic rings. The predicted octanol–water partition coefficient (Wildman–Crippen LogP) is 3.55. The summed E-state index contributed by atoms with van der Waals surface area (Å²) in [4.78, 5) is 22.6. The minimum Gasteiger partial charge on any atom is -0.494 e. The lowest BCUT2D eigenvalue weighted by Crippen LogP contribution is -2.17. The summed E-state index contributed by atoms with van der Waals surface area (Å²) in [5, 5.41) is 14.8. The average molecular weight is 371 g/mol. The molecule has 0 saturated heterocycles. The first-order chi connectivity index (χ1) is 13.0. The van der Waals surface area contributed by atoms with Crippen LogP contribution >= 0.6 is 0 Å². The molecule has 0 aliphatic carbocycles. The fourth-order valence-corrected chi connectivity index (χ4v) is 2.18. The van der Waals surface area contributed by atoms with E-state index >= 15 is 0 Å². The lowest BCUT2D eigenvalue weighted by molar-refractivity contribution is -0.384. The maximum atomic E-state index is 12.1. The van der Waals surface area contributed by atoms with E-state index < -0.39 is 10.8 Å². The Balaban J connectivity index is 2.06. The summed E-state index contributed by atoms with van der Waals surface area (Å²) in [6.45, 7) is 4.83. The van der Waals surface area contributed by atoms with E-state index in [1.165, 1.54) is 24.4 Å². The molecule has 0 spiro atoms. The second-order valence-electron chi connectivity index (χ2n) is 5.48. The quantitative estimate of drug-likeness (QED) is 0.412. The number of ether oxygens (including phenoxy) is 2. The highest BCUT2D eigenvalue weighted by Gasteiger charge is 2.11. The first-order valence-corrected chi connectivity index (χ1v) is 8.52. The molecule has 2 aromatic carbocycles. The molecule has 0 bridgehead atoms. The number of hydrogen-bond acceptors (Lipinski definition) is 6. The van der Waals surface area contributed by atoms with E-state index in [1.807, 2.05) is 6.92 Å². The number of carbonyl (C=O) groups excluding carboxylic acids is 1. The van der Waals surface area contributed by atoms with Crippen LogP contribution in [0, 0.1) is 10.1 Å². The zero-order chi connectivity index (χ0) is 19.6. The van der Waals surface area contributed by atoms with Crippen LogP contribution in [0.25, 0.3) is 0 Å². The molecule has 0 aromatic heterocycles. The Morgan fingerprint density at radius 1 is 1.19 bits per heavy atom. The van der Waals surface area contributed by atoms with E-state index in [0.29, 0.717) is 35.8 Å². The molecule has 0 radical (unpaired) electrons. The molecule has 0 aliphatic rings. The van der Waals surface area contributed by atoms with Gasteiger partial charge in [-0.15, -0.1) is 0 Å². The van der Waals surface area contributed by atoms with Crippen LogP contribution in [0.4, 0.5) is 5.69 Å². The second-order valence-corrected chi connectivity index (χ2v) is 5.48. The molecule has 8 heteroatoms. The summed E-state index contributed by atoms with van der Waals surface area (Å²) in [6.07, 6.45) is 2.22. The number of nitrogens with zero attached hydrogens (tertiary/aromatic N) is 2. The fraction of sp³-hybridized carbons (Fsp3) is 0.263. The van der Waals surface area contributed by atoms with Crippen LogP contribution in [0.15, 0.2) is 47.6 Å². The van der Waals surface area contributed by atoms with E-state index in [2.05, 4.69) is 10.5 Å². The van der Waals surface area contributed by atoms with Gasteiger partial charge in [0.25, 0.3) is 11.6 Å². The second kappa shape index (κ2) is 9.91. The monoisotopic (exact) mass is 371 g/mol. The molecule has 1 amide bonds. The number of hydrazone groups is 1. The number of nitrogens with one attached hydrogen (secondary N) is 1. The van der Waals surface area contributed by atoms with Crippen molar-refractivity contribution in [3.05, 3.63) is 63.7 Å². The third-order valence-corrected chi connectivity index (χ3v) is 3.46. The van der Waals surface area contributed by atoms with Crippen LogP contribution in [0.2, 0.25) is 0 Å². The highest BCUT2D eigenvalue weighted by Crippen LogP contribution is 2.22. The van der Waals surface area contributed by atoms with Crippen LogP contribution in [-0.4, -0.2) is 30.3 Å². The van der Waals surface area contributed by atoms with Crippen LogP contribution in [0.5, 0.6) is 11.5 Å². The van der Waals surface area contributed by atoms with Crippen LogP contribution in [0.1, 0.15) is 36.2 Å². The molecule has 27 heavy (non-hydrogen) atoms. The first kappa shape index (κ1) is 19.9. The van der Waals surface area contributed by atoms with Gasteiger partial charge in [0.2, 0.25) is 0 Å². The average Bonchev–Trinajstić information content (AvgIpc) is 2.67. The Morgan fingerprint density at radius 3 is 2.56 bits per heavy atom. The van der Waals surface area contributed by atoms with Crippen molar-refractivity contribution in [1.82, 2.24) is 5.43 Å². The Labute approximate surface area is 157 Å². The molecular weight excluding hydrogens is 350 g/mol. The molecule has 1 N–H and O–H groups in total. The van der Waals surface area contributed by atoms with E-state index in [9.17, 15) is 14.9 Å². The van der Waals surface area contributed by atoms with E-state index in [1.54, 1.807) is 31.2 Å². The molecule has 0 fully saturated rings. The molecule has 0 atom stereocenters. The van der Waals surface area contributed by atoms with Gasteiger partial charge in [0, 0.05) is 23.3 Å². The molecule has 0 aliphatic heterocycles. The zero-order valence-electron chi connectivity index (χ0n) is 15.2. The van der Waals surface area contributed by atoms with Crippen molar-refractivity contribution in [3.8, 4) is 11.5 Å². The number of nitro benzene ring substituents is 1. The molecule has 0 unspecified atom stereocenters. The van der Waals surface area contributed by atoms with Crippen molar-refractivity contribution in [3.63, 3.8) is 0 Å². The van der Waals surface area contributed by atoms with Gasteiger partial charge < -0.3 is 9.47 Å². The maximum absolute atomic E-state index is 12.1. The molecular formula is C19H21N3O5. The fourth-order valence-electron chi connectivity index (χ4n) is 2.18. The van der Waals surface area contributed by atoms with Gasteiger partial charge in [-0.05, 0) is 43.7 Å². The Kier molecular flexibility index (Phi) is 7.30. The van der Waals surface area contributed by atoms with Crippen molar-refractivity contribution in [2.45, 2.75) is 20.3 Å². The van der Waals surface area contributed by atoms with Gasteiger partial charge in [-0.3, -0.25) is 14.9 Å². The summed E-state index contributed by atoms with van der Waals surface area (Å²) in [5.41, 5.74) is 3.12. The van der Waals surface area contributed by atoms with Gasteiger partial charge in [-0.25, -0.2) is 5.43 Å². The lowest BCUT2D eigenvalue weighted by atomic mass is 10.2. The number of nitro groups is 1. The SMILES string of the molecule is CCCOc1ccc(C(=O)N/N=C\c2cc([N+](=O)[O-])ccc2OCC)cc1. The molecule has 2 rings (SSSR count). The first-order valence-electron chi connectivity index (χ1n) is 8.52. The number of carbonyl (C=O) groups is 1. The smallest absolute Gasteiger partial charge is 0.271 e. The van der Waals surface area contributed by atoms with Crippen LogP contribution in [-0.2, 0) is 0 Å².